The molecule has 0 atom stereocenters. The lowest BCUT2D eigenvalue weighted by molar-refractivity contribution is 0.438. The molecule has 2 aromatic rings. The van der Waals surface area contributed by atoms with E-state index in [1.165, 1.54) is 12.1 Å². The van der Waals surface area contributed by atoms with Gasteiger partial charge in [-0.2, -0.15) is 5.26 Å². The van der Waals surface area contributed by atoms with Gasteiger partial charge in [0.25, 0.3) is 0 Å². The zero-order valence-electron chi connectivity index (χ0n) is 9.45. The number of nitrogen functional groups attached to an aromatic ring is 1. The van der Waals surface area contributed by atoms with Gasteiger partial charge in [0.1, 0.15) is 11.8 Å². The number of anilines is 1. The molecule has 0 spiro atoms. The molecule has 0 radical (unpaired) electrons. The van der Waals surface area contributed by atoms with Gasteiger partial charge in [0, 0.05) is 11.8 Å². The molecule has 0 amide bonds. The highest BCUT2D eigenvalue weighted by Crippen LogP contribution is 2.35. The topological polar surface area (TPSA) is 59.0 Å². The van der Waals surface area contributed by atoms with Crippen LogP contribution in [0.5, 0.6) is 11.5 Å². The summed E-state index contributed by atoms with van der Waals surface area (Å²) >= 11 is 6.32. The lowest BCUT2D eigenvalue weighted by atomic mass is 10.2. The minimum atomic E-state index is -0.631. The summed E-state index contributed by atoms with van der Waals surface area (Å²) in [7, 11) is 0. The van der Waals surface area contributed by atoms with Gasteiger partial charge in [-0.15, -0.1) is 0 Å². The molecule has 6 heteroatoms. The van der Waals surface area contributed by atoms with Gasteiger partial charge < -0.3 is 10.5 Å². The Hall–Kier alpha value is -1.58. The molecule has 96 valence electrons. The maximum Gasteiger partial charge on any atom is 0.181 e. The predicted octanol–water partition coefficient (Wildman–Crippen LogP) is 4.60. The van der Waals surface area contributed by atoms with Crippen molar-refractivity contribution < 1.29 is 9.13 Å². The normalized spacial score (nSPS) is 10.0. The molecule has 0 aliphatic carbocycles. The molecular weight excluding hydrogens is 379 g/mol. The summed E-state index contributed by atoms with van der Waals surface area (Å²) in [6, 6.07) is 9.73. The van der Waals surface area contributed by atoms with Crippen LogP contribution in [-0.4, -0.2) is 0 Å². The Morgan fingerprint density at radius 2 is 1.89 bits per heavy atom. The first-order valence-electron chi connectivity index (χ1n) is 5.14. The Kier molecular flexibility index (Phi) is 4.08. The lowest BCUT2D eigenvalue weighted by Crippen LogP contribution is -1.93. The highest BCUT2D eigenvalue weighted by Gasteiger charge is 2.14. The van der Waals surface area contributed by atoms with Crippen molar-refractivity contribution >= 4 is 37.5 Å². The van der Waals surface area contributed by atoms with Crippen LogP contribution in [-0.2, 0) is 0 Å². The van der Waals surface area contributed by atoms with Gasteiger partial charge in [0.05, 0.1) is 14.5 Å². The van der Waals surface area contributed by atoms with Crippen LogP contribution in [0.1, 0.15) is 5.56 Å². The minimum absolute atomic E-state index is 0.0113. The van der Waals surface area contributed by atoms with E-state index < -0.39 is 5.82 Å². The van der Waals surface area contributed by atoms with Gasteiger partial charge in [0.2, 0.25) is 0 Å². The van der Waals surface area contributed by atoms with Crippen LogP contribution in [0.2, 0.25) is 0 Å². The molecule has 0 fully saturated rings. The monoisotopic (exact) mass is 384 g/mol. The van der Waals surface area contributed by atoms with E-state index in [1.54, 1.807) is 18.2 Å². The largest absolute Gasteiger partial charge is 0.453 e. The van der Waals surface area contributed by atoms with E-state index >= 15 is 0 Å². The third-order valence-electron chi connectivity index (χ3n) is 2.34. The molecular formula is C13H7Br2FN2O. The van der Waals surface area contributed by atoms with Crippen LogP contribution in [0.25, 0.3) is 0 Å². The quantitative estimate of drug-likeness (QED) is 0.768. The summed E-state index contributed by atoms with van der Waals surface area (Å²) in [5.74, 6) is -0.221. The molecule has 0 bridgehead atoms. The fourth-order valence-corrected chi connectivity index (χ4v) is 2.16. The number of benzene rings is 2. The Balaban J connectivity index is 2.42. The molecule has 0 aliphatic heterocycles. The number of nitrogens with zero attached hydrogens (tertiary/aromatic N) is 1. The number of rotatable bonds is 2. The van der Waals surface area contributed by atoms with Crippen LogP contribution in [0, 0.1) is 17.1 Å². The average Bonchev–Trinajstić information content (AvgIpc) is 2.39. The molecule has 0 heterocycles. The van der Waals surface area contributed by atoms with E-state index in [2.05, 4.69) is 31.9 Å². The van der Waals surface area contributed by atoms with Crippen LogP contribution in [0.4, 0.5) is 10.1 Å². The maximum atomic E-state index is 14.0. The molecule has 19 heavy (non-hydrogen) atoms. The number of ether oxygens (including phenoxy) is 1. The molecule has 2 rings (SSSR count). The summed E-state index contributed by atoms with van der Waals surface area (Å²) < 4.78 is 20.2. The lowest BCUT2D eigenvalue weighted by Gasteiger charge is -2.10. The number of nitriles is 1. The van der Waals surface area contributed by atoms with E-state index in [0.29, 0.717) is 15.9 Å². The first kappa shape index (κ1) is 13.8. The standard InChI is InChI=1S/C13H7Br2FN2O/c14-9-3-2-8(18)5-11(9)19-10-4-1-7(6-17)12(15)13(10)16/h1-5H,18H2. The van der Waals surface area contributed by atoms with Gasteiger partial charge in [-0.25, -0.2) is 4.39 Å². The second kappa shape index (κ2) is 5.59. The number of hydrogen-bond donors (Lipinski definition) is 1. The van der Waals surface area contributed by atoms with Gasteiger partial charge in [-0.1, -0.05) is 0 Å². The van der Waals surface area contributed by atoms with Crippen molar-refractivity contribution in [2.45, 2.75) is 0 Å². The predicted molar refractivity (Wildman–Crippen MR) is 77.4 cm³/mol. The van der Waals surface area contributed by atoms with Crippen molar-refractivity contribution in [2.75, 3.05) is 5.73 Å². The SMILES string of the molecule is N#Cc1ccc(Oc2cc(N)ccc2Br)c(F)c1Br. The van der Waals surface area contributed by atoms with E-state index in [0.717, 1.165) is 0 Å². The van der Waals surface area contributed by atoms with Gasteiger partial charge in [-0.05, 0) is 56.1 Å². The Labute approximate surface area is 126 Å². The second-order valence-electron chi connectivity index (χ2n) is 3.64. The van der Waals surface area contributed by atoms with Crippen LogP contribution in [0.3, 0.4) is 0 Å². The molecule has 3 nitrogen and oxygen atoms in total. The first-order chi connectivity index (χ1) is 9.02. The van der Waals surface area contributed by atoms with Crippen molar-refractivity contribution in [1.29, 1.82) is 5.26 Å². The van der Waals surface area contributed by atoms with Gasteiger partial charge in [0.15, 0.2) is 11.6 Å². The average molecular weight is 386 g/mol. The van der Waals surface area contributed by atoms with Crippen molar-refractivity contribution in [3.8, 4) is 17.6 Å². The molecule has 2 aromatic carbocycles. The smallest absolute Gasteiger partial charge is 0.181 e. The zero-order chi connectivity index (χ0) is 14.0. The summed E-state index contributed by atoms with van der Waals surface area (Å²) in [6.07, 6.45) is 0. The maximum absolute atomic E-state index is 14.0. The first-order valence-corrected chi connectivity index (χ1v) is 6.72. The Bertz CT molecular complexity index is 683. The molecule has 0 saturated heterocycles. The van der Waals surface area contributed by atoms with Crippen molar-refractivity contribution in [2.24, 2.45) is 0 Å². The van der Waals surface area contributed by atoms with E-state index in [-0.39, 0.29) is 15.8 Å². The Morgan fingerprint density at radius 1 is 1.16 bits per heavy atom. The van der Waals surface area contributed by atoms with Crippen molar-refractivity contribution in [3.05, 3.63) is 50.7 Å². The number of nitrogens with two attached hydrogens (primary N) is 1. The van der Waals surface area contributed by atoms with E-state index in [4.69, 9.17) is 15.7 Å². The molecule has 0 unspecified atom stereocenters. The van der Waals surface area contributed by atoms with Crippen LogP contribution in [0.15, 0.2) is 39.3 Å². The molecule has 0 aliphatic rings. The highest BCUT2D eigenvalue weighted by molar-refractivity contribution is 9.10. The Morgan fingerprint density at radius 3 is 2.58 bits per heavy atom. The van der Waals surface area contributed by atoms with Crippen LogP contribution >= 0.6 is 31.9 Å². The molecule has 0 aromatic heterocycles. The summed E-state index contributed by atoms with van der Waals surface area (Å²) in [5, 5.41) is 8.79. The van der Waals surface area contributed by atoms with E-state index in [1.807, 2.05) is 6.07 Å². The fourth-order valence-electron chi connectivity index (χ4n) is 1.41. The summed E-state index contributed by atoms with van der Waals surface area (Å²) in [4.78, 5) is 0. The van der Waals surface area contributed by atoms with Gasteiger partial charge >= 0.3 is 0 Å². The van der Waals surface area contributed by atoms with Gasteiger partial charge in [-0.3, -0.25) is 0 Å². The van der Waals surface area contributed by atoms with Crippen LogP contribution < -0.4 is 10.5 Å². The molecule has 0 saturated carbocycles. The number of halogens is 3. The second-order valence-corrected chi connectivity index (χ2v) is 5.29. The molecule has 2 N–H and O–H groups in total. The number of hydrogen-bond acceptors (Lipinski definition) is 3. The summed E-state index contributed by atoms with van der Waals surface area (Å²) in [5.41, 5.74) is 6.36. The highest BCUT2D eigenvalue weighted by atomic mass is 79.9. The fraction of sp³-hybridized carbons (Fsp3) is 0. The third kappa shape index (κ3) is 2.88. The zero-order valence-corrected chi connectivity index (χ0v) is 12.6. The minimum Gasteiger partial charge on any atom is -0.453 e. The third-order valence-corrected chi connectivity index (χ3v) is 3.77. The van der Waals surface area contributed by atoms with E-state index in [9.17, 15) is 4.39 Å². The van der Waals surface area contributed by atoms with Crippen molar-refractivity contribution in [1.82, 2.24) is 0 Å². The van der Waals surface area contributed by atoms with Crippen molar-refractivity contribution in [3.63, 3.8) is 0 Å². The summed E-state index contributed by atoms with van der Waals surface area (Å²) in [6.45, 7) is 0.